The van der Waals surface area contributed by atoms with Crippen LogP contribution in [0.3, 0.4) is 0 Å². The van der Waals surface area contributed by atoms with Gasteiger partial charge in [0.2, 0.25) is 0 Å². The summed E-state index contributed by atoms with van der Waals surface area (Å²) in [4.78, 5) is 0. The fourth-order valence-corrected chi connectivity index (χ4v) is 2.35. The molecule has 0 saturated heterocycles. The van der Waals surface area contributed by atoms with Crippen LogP contribution in [0.2, 0.25) is 10.0 Å². The van der Waals surface area contributed by atoms with Crippen LogP contribution in [0, 0.1) is 5.82 Å². The van der Waals surface area contributed by atoms with Crippen molar-refractivity contribution >= 4 is 23.2 Å². The Morgan fingerprint density at radius 1 is 1.05 bits per heavy atom. The molecule has 0 bridgehead atoms. The van der Waals surface area contributed by atoms with Gasteiger partial charge in [0, 0.05) is 16.0 Å². The molecule has 4 heteroatoms. The summed E-state index contributed by atoms with van der Waals surface area (Å²) in [6.07, 6.45) is 0.553. The Morgan fingerprint density at radius 3 is 2.32 bits per heavy atom. The number of benzene rings is 2. The van der Waals surface area contributed by atoms with Gasteiger partial charge in [-0.1, -0.05) is 41.4 Å². The van der Waals surface area contributed by atoms with E-state index in [9.17, 15) is 9.50 Å². The maximum absolute atomic E-state index is 13.0. The Kier molecular flexibility index (Phi) is 4.81. The summed E-state index contributed by atoms with van der Waals surface area (Å²) in [5.41, 5.74) is 1.80. The van der Waals surface area contributed by atoms with Crippen molar-refractivity contribution < 1.29 is 9.50 Å². The first-order chi connectivity index (χ1) is 9.10. The first kappa shape index (κ1) is 14.3. The van der Waals surface area contributed by atoms with Crippen molar-refractivity contribution in [2.75, 3.05) is 6.61 Å². The number of halogens is 3. The zero-order valence-electron chi connectivity index (χ0n) is 10.1. The first-order valence-corrected chi connectivity index (χ1v) is 6.66. The molecular weight excluding hydrogens is 286 g/mol. The van der Waals surface area contributed by atoms with E-state index in [1.54, 1.807) is 18.2 Å². The Bertz CT molecular complexity index is 555. The predicted molar refractivity (Wildman–Crippen MR) is 76.4 cm³/mol. The molecule has 2 aromatic rings. The van der Waals surface area contributed by atoms with E-state index in [0.29, 0.717) is 16.5 Å². The second-order valence-corrected chi connectivity index (χ2v) is 5.21. The van der Waals surface area contributed by atoms with Crippen LogP contribution in [0.15, 0.2) is 42.5 Å². The molecule has 0 saturated carbocycles. The minimum absolute atomic E-state index is 0.00463. The van der Waals surface area contributed by atoms with E-state index in [0.717, 1.165) is 11.1 Å². The Morgan fingerprint density at radius 2 is 1.74 bits per heavy atom. The van der Waals surface area contributed by atoms with Gasteiger partial charge < -0.3 is 5.11 Å². The average Bonchev–Trinajstić information content (AvgIpc) is 2.39. The lowest BCUT2D eigenvalue weighted by Gasteiger charge is -2.15. The van der Waals surface area contributed by atoms with Gasteiger partial charge in [-0.2, -0.15) is 0 Å². The second kappa shape index (κ2) is 6.38. The molecule has 0 amide bonds. The normalized spacial score (nSPS) is 12.4. The summed E-state index contributed by atoms with van der Waals surface area (Å²) in [5, 5.41) is 10.5. The van der Waals surface area contributed by atoms with Gasteiger partial charge in [0.15, 0.2) is 0 Å². The standard InChI is InChI=1S/C15H13Cl2FO/c16-13-4-1-10(2-5-13)12(9-19)7-11-3-6-14(18)8-15(11)17/h1-6,8,12,19H,7,9H2. The summed E-state index contributed by atoms with van der Waals surface area (Å²) in [6.45, 7) is -0.00463. The average molecular weight is 299 g/mol. The topological polar surface area (TPSA) is 20.2 Å². The van der Waals surface area contributed by atoms with Crippen molar-refractivity contribution in [3.05, 3.63) is 69.5 Å². The fourth-order valence-electron chi connectivity index (χ4n) is 1.98. The molecule has 0 spiro atoms. The molecule has 2 rings (SSSR count). The molecule has 0 heterocycles. The van der Waals surface area contributed by atoms with Crippen LogP contribution in [0.5, 0.6) is 0 Å². The van der Waals surface area contributed by atoms with E-state index >= 15 is 0 Å². The smallest absolute Gasteiger partial charge is 0.124 e. The summed E-state index contributed by atoms with van der Waals surface area (Å²) < 4.78 is 13.0. The van der Waals surface area contributed by atoms with Crippen LogP contribution in [-0.4, -0.2) is 11.7 Å². The highest BCUT2D eigenvalue weighted by Gasteiger charge is 2.13. The lowest BCUT2D eigenvalue weighted by Crippen LogP contribution is -2.08. The molecule has 100 valence electrons. The first-order valence-electron chi connectivity index (χ1n) is 5.90. The third kappa shape index (κ3) is 3.69. The van der Waals surface area contributed by atoms with Gasteiger partial charge in [-0.3, -0.25) is 0 Å². The van der Waals surface area contributed by atoms with Crippen LogP contribution >= 0.6 is 23.2 Å². The van der Waals surface area contributed by atoms with Gasteiger partial charge in [-0.25, -0.2) is 4.39 Å². The Labute approximate surface area is 121 Å². The fraction of sp³-hybridized carbons (Fsp3) is 0.200. The number of hydrogen-bond acceptors (Lipinski definition) is 1. The van der Waals surface area contributed by atoms with E-state index in [2.05, 4.69) is 0 Å². The maximum atomic E-state index is 13.0. The van der Waals surface area contributed by atoms with Gasteiger partial charge in [0.05, 0.1) is 6.61 Å². The third-order valence-corrected chi connectivity index (χ3v) is 3.65. The quantitative estimate of drug-likeness (QED) is 0.884. The Balaban J connectivity index is 2.21. The highest BCUT2D eigenvalue weighted by atomic mass is 35.5. The van der Waals surface area contributed by atoms with E-state index in [-0.39, 0.29) is 18.3 Å². The van der Waals surface area contributed by atoms with Crippen molar-refractivity contribution in [3.63, 3.8) is 0 Å². The van der Waals surface area contributed by atoms with Gasteiger partial charge >= 0.3 is 0 Å². The molecule has 1 atom stereocenters. The van der Waals surface area contributed by atoms with E-state index in [4.69, 9.17) is 23.2 Å². The van der Waals surface area contributed by atoms with Crippen LogP contribution in [-0.2, 0) is 6.42 Å². The van der Waals surface area contributed by atoms with Crippen molar-refractivity contribution in [1.82, 2.24) is 0 Å². The summed E-state index contributed by atoms with van der Waals surface area (Å²) >= 11 is 11.8. The molecule has 0 aliphatic rings. The Hall–Kier alpha value is -1.09. The van der Waals surface area contributed by atoms with Gasteiger partial charge in [-0.15, -0.1) is 0 Å². The maximum Gasteiger partial charge on any atom is 0.124 e. The van der Waals surface area contributed by atoms with Crippen molar-refractivity contribution in [1.29, 1.82) is 0 Å². The van der Waals surface area contributed by atoms with Gasteiger partial charge in [0.1, 0.15) is 5.82 Å². The number of aliphatic hydroxyl groups excluding tert-OH is 1. The molecular formula is C15H13Cl2FO. The molecule has 0 aliphatic heterocycles. The van der Waals surface area contributed by atoms with Crippen LogP contribution < -0.4 is 0 Å². The largest absolute Gasteiger partial charge is 0.396 e. The molecule has 1 unspecified atom stereocenters. The number of aliphatic hydroxyl groups is 1. The van der Waals surface area contributed by atoms with Crippen molar-refractivity contribution in [3.8, 4) is 0 Å². The van der Waals surface area contributed by atoms with Gasteiger partial charge in [0.25, 0.3) is 0 Å². The predicted octanol–water partition coefficient (Wildman–Crippen LogP) is 4.45. The third-order valence-electron chi connectivity index (χ3n) is 3.04. The van der Waals surface area contributed by atoms with E-state index in [1.165, 1.54) is 12.1 Å². The zero-order valence-corrected chi connectivity index (χ0v) is 11.6. The number of hydrogen-bond donors (Lipinski definition) is 1. The molecule has 2 aromatic carbocycles. The van der Waals surface area contributed by atoms with Crippen molar-refractivity contribution in [2.24, 2.45) is 0 Å². The second-order valence-electron chi connectivity index (χ2n) is 4.37. The highest BCUT2D eigenvalue weighted by Crippen LogP contribution is 2.26. The molecule has 0 fully saturated rings. The minimum Gasteiger partial charge on any atom is -0.396 e. The highest BCUT2D eigenvalue weighted by molar-refractivity contribution is 6.31. The monoisotopic (exact) mass is 298 g/mol. The molecule has 1 nitrogen and oxygen atoms in total. The minimum atomic E-state index is -0.360. The van der Waals surface area contributed by atoms with E-state index < -0.39 is 0 Å². The van der Waals surface area contributed by atoms with Crippen LogP contribution in [0.25, 0.3) is 0 Å². The summed E-state index contributed by atoms with van der Waals surface area (Å²) in [7, 11) is 0. The lowest BCUT2D eigenvalue weighted by molar-refractivity contribution is 0.264. The van der Waals surface area contributed by atoms with Crippen LogP contribution in [0.1, 0.15) is 17.0 Å². The molecule has 0 aliphatic carbocycles. The van der Waals surface area contributed by atoms with Crippen LogP contribution in [0.4, 0.5) is 4.39 Å². The summed E-state index contributed by atoms with van der Waals surface area (Å²) in [6, 6.07) is 11.6. The lowest BCUT2D eigenvalue weighted by atomic mass is 9.93. The molecule has 0 radical (unpaired) electrons. The van der Waals surface area contributed by atoms with Crippen molar-refractivity contribution in [2.45, 2.75) is 12.3 Å². The summed E-state index contributed by atoms with van der Waals surface area (Å²) in [5.74, 6) is -0.444. The SMILES string of the molecule is OCC(Cc1ccc(F)cc1Cl)c1ccc(Cl)cc1. The zero-order chi connectivity index (χ0) is 13.8. The molecule has 1 N–H and O–H groups in total. The van der Waals surface area contributed by atoms with Gasteiger partial charge in [-0.05, 0) is 41.8 Å². The molecule has 19 heavy (non-hydrogen) atoms. The molecule has 0 aromatic heterocycles. The number of rotatable bonds is 4. The van der Waals surface area contributed by atoms with E-state index in [1.807, 2.05) is 12.1 Å².